The molecule has 0 unspecified atom stereocenters. The van der Waals surface area contributed by atoms with Gasteiger partial charge in [0.15, 0.2) is 0 Å². The Morgan fingerprint density at radius 2 is 2.06 bits per heavy atom. The lowest BCUT2D eigenvalue weighted by Crippen LogP contribution is -2.13. The van der Waals surface area contributed by atoms with Crippen LogP contribution in [0.5, 0.6) is 11.5 Å². The van der Waals surface area contributed by atoms with Gasteiger partial charge in [-0.25, -0.2) is 13.6 Å². The molecule has 2 N–H and O–H groups in total. The molecule has 1 aromatic rings. The standard InChI is InChI=1S/C10H13NO4S/c1-14-9-6-8(15-7-2-3-7)4-5-10(9)16(11,12)13/h4-7H,2-3H2,1H3,(H2,11,12,13). The summed E-state index contributed by atoms with van der Waals surface area (Å²) in [4.78, 5) is -0.0295. The van der Waals surface area contributed by atoms with Crippen molar-refractivity contribution in [2.24, 2.45) is 5.14 Å². The Balaban J connectivity index is 2.34. The maximum atomic E-state index is 11.2. The fourth-order valence-corrected chi connectivity index (χ4v) is 2.02. The van der Waals surface area contributed by atoms with Crippen LogP contribution in [0.1, 0.15) is 12.8 Å². The lowest BCUT2D eigenvalue weighted by Gasteiger charge is -2.09. The quantitative estimate of drug-likeness (QED) is 0.851. The molecule has 0 aliphatic heterocycles. The first-order chi connectivity index (χ1) is 7.50. The molecule has 16 heavy (non-hydrogen) atoms. The van der Waals surface area contributed by atoms with Crippen LogP contribution in [0.4, 0.5) is 0 Å². The van der Waals surface area contributed by atoms with Gasteiger partial charge in [0, 0.05) is 6.07 Å². The van der Waals surface area contributed by atoms with Crippen molar-refractivity contribution in [3.05, 3.63) is 18.2 Å². The van der Waals surface area contributed by atoms with Crippen LogP contribution in [0.3, 0.4) is 0 Å². The number of primary sulfonamides is 1. The summed E-state index contributed by atoms with van der Waals surface area (Å²) < 4.78 is 32.9. The zero-order valence-corrected chi connectivity index (χ0v) is 9.66. The van der Waals surface area contributed by atoms with Crippen molar-refractivity contribution in [2.75, 3.05) is 7.11 Å². The predicted molar refractivity (Wildman–Crippen MR) is 58.0 cm³/mol. The predicted octanol–water partition coefficient (Wildman–Crippen LogP) is 0.884. The Morgan fingerprint density at radius 3 is 2.56 bits per heavy atom. The molecule has 1 aliphatic carbocycles. The normalized spacial score (nSPS) is 15.9. The van der Waals surface area contributed by atoms with Gasteiger partial charge in [-0.3, -0.25) is 0 Å². The van der Waals surface area contributed by atoms with Gasteiger partial charge in [-0.05, 0) is 25.0 Å². The summed E-state index contributed by atoms with van der Waals surface area (Å²) in [5.74, 6) is 0.812. The number of ether oxygens (including phenoxy) is 2. The van der Waals surface area contributed by atoms with E-state index in [0.717, 1.165) is 12.8 Å². The van der Waals surface area contributed by atoms with E-state index in [0.29, 0.717) is 5.75 Å². The van der Waals surface area contributed by atoms with Gasteiger partial charge in [-0.15, -0.1) is 0 Å². The Kier molecular flexibility index (Phi) is 2.77. The highest BCUT2D eigenvalue weighted by Gasteiger charge is 2.24. The van der Waals surface area contributed by atoms with Gasteiger partial charge in [-0.1, -0.05) is 0 Å². The number of nitrogens with two attached hydrogens (primary N) is 1. The summed E-state index contributed by atoms with van der Waals surface area (Å²) in [7, 11) is -2.36. The van der Waals surface area contributed by atoms with E-state index in [-0.39, 0.29) is 16.7 Å². The van der Waals surface area contributed by atoms with Crippen LogP contribution in [-0.4, -0.2) is 21.6 Å². The number of sulfonamides is 1. The minimum absolute atomic E-state index is 0.0295. The maximum absolute atomic E-state index is 11.2. The molecular formula is C10H13NO4S. The second kappa shape index (κ2) is 3.95. The van der Waals surface area contributed by atoms with Crippen molar-refractivity contribution in [1.82, 2.24) is 0 Å². The van der Waals surface area contributed by atoms with Gasteiger partial charge < -0.3 is 9.47 Å². The van der Waals surface area contributed by atoms with Crippen LogP contribution in [0.2, 0.25) is 0 Å². The smallest absolute Gasteiger partial charge is 0.241 e. The third-order valence-electron chi connectivity index (χ3n) is 2.27. The van der Waals surface area contributed by atoms with E-state index in [4.69, 9.17) is 14.6 Å². The molecule has 0 bridgehead atoms. The lowest BCUT2D eigenvalue weighted by atomic mass is 10.3. The molecule has 1 aromatic carbocycles. The van der Waals surface area contributed by atoms with Crippen molar-refractivity contribution >= 4 is 10.0 Å². The highest BCUT2D eigenvalue weighted by Crippen LogP contribution is 2.31. The SMILES string of the molecule is COc1cc(OC2CC2)ccc1S(N)(=O)=O. The molecule has 0 aromatic heterocycles. The van der Waals surface area contributed by atoms with Gasteiger partial charge >= 0.3 is 0 Å². The van der Waals surface area contributed by atoms with Crippen molar-refractivity contribution < 1.29 is 17.9 Å². The van der Waals surface area contributed by atoms with Crippen molar-refractivity contribution in [3.8, 4) is 11.5 Å². The van der Waals surface area contributed by atoms with Gasteiger partial charge in [0.2, 0.25) is 10.0 Å². The first kappa shape index (κ1) is 11.2. The molecule has 0 spiro atoms. The molecule has 0 atom stereocenters. The monoisotopic (exact) mass is 243 g/mol. The van der Waals surface area contributed by atoms with Crippen LogP contribution in [0, 0.1) is 0 Å². The first-order valence-electron chi connectivity index (χ1n) is 4.88. The van der Waals surface area contributed by atoms with E-state index in [9.17, 15) is 8.42 Å². The number of hydrogen-bond donors (Lipinski definition) is 1. The van der Waals surface area contributed by atoms with Gasteiger partial charge in [0.05, 0.1) is 13.2 Å². The summed E-state index contributed by atoms with van der Waals surface area (Å²) in [6.07, 6.45) is 2.34. The van der Waals surface area contributed by atoms with E-state index in [1.54, 1.807) is 6.07 Å². The molecule has 0 radical (unpaired) electrons. The highest BCUT2D eigenvalue weighted by molar-refractivity contribution is 7.89. The van der Waals surface area contributed by atoms with E-state index in [1.807, 2.05) is 0 Å². The topological polar surface area (TPSA) is 78.6 Å². The summed E-state index contributed by atoms with van der Waals surface area (Å²) in [5, 5.41) is 5.05. The first-order valence-corrected chi connectivity index (χ1v) is 6.43. The summed E-state index contributed by atoms with van der Waals surface area (Å²) in [6.45, 7) is 0. The average molecular weight is 243 g/mol. The number of benzene rings is 1. The number of methoxy groups -OCH3 is 1. The van der Waals surface area contributed by atoms with Gasteiger partial charge in [0.1, 0.15) is 16.4 Å². The minimum Gasteiger partial charge on any atom is -0.495 e. The second-order valence-electron chi connectivity index (χ2n) is 3.67. The molecule has 5 nitrogen and oxygen atoms in total. The maximum Gasteiger partial charge on any atom is 0.241 e. The molecule has 1 fully saturated rings. The molecule has 0 saturated heterocycles. The molecule has 1 aliphatic rings. The van der Waals surface area contributed by atoms with Gasteiger partial charge in [0.25, 0.3) is 0 Å². The lowest BCUT2D eigenvalue weighted by molar-refractivity contribution is 0.300. The molecule has 6 heteroatoms. The van der Waals surface area contributed by atoms with E-state index in [1.165, 1.54) is 19.2 Å². The van der Waals surface area contributed by atoms with Crippen molar-refractivity contribution in [3.63, 3.8) is 0 Å². The molecule has 1 saturated carbocycles. The minimum atomic E-state index is -3.76. The van der Waals surface area contributed by atoms with E-state index in [2.05, 4.69) is 0 Å². The molecule has 2 rings (SSSR count). The molecule has 0 amide bonds. The number of rotatable bonds is 4. The second-order valence-corrected chi connectivity index (χ2v) is 5.20. The Morgan fingerprint density at radius 1 is 1.38 bits per heavy atom. The van der Waals surface area contributed by atoms with E-state index < -0.39 is 10.0 Å². The Bertz CT molecular complexity index is 494. The van der Waals surface area contributed by atoms with Crippen LogP contribution in [0.15, 0.2) is 23.1 Å². The van der Waals surface area contributed by atoms with E-state index >= 15 is 0 Å². The Hall–Kier alpha value is -1.27. The van der Waals surface area contributed by atoms with Crippen LogP contribution >= 0.6 is 0 Å². The third-order valence-corrected chi connectivity index (χ3v) is 3.22. The Labute approximate surface area is 94.2 Å². The molecule has 88 valence electrons. The highest BCUT2D eigenvalue weighted by atomic mass is 32.2. The van der Waals surface area contributed by atoms with Crippen molar-refractivity contribution in [2.45, 2.75) is 23.8 Å². The summed E-state index contributed by atoms with van der Waals surface area (Å²) in [6, 6.07) is 4.52. The third kappa shape index (κ3) is 2.45. The fraction of sp³-hybridized carbons (Fsp3) is 0.400. The van der Waals surface area contributed by atoms with Crippen LogP contribution < -0.4 is 14.6 Å². The average Bonchev–Trinajstić information content (AvgIpc) is 3.00. The largest absolute Gasteiger partial charge is 0.495 e. The van der Waals surface area contributed by atoms with Crippen molar-refractivity contribution in [1.29, 1.82) is 0 Å². The summed E-state index contributed by atoms with van der Waals surface area (Å²) >= 11 is 0. The summed E-state index contributed by atoms with van der Waals surface area (Å²) in [5.41, 5.74) is 0. The molecule has 0 heterocycles. The molecular weight excluding hydrogens is 230 g/mol. The van der Waals surface area contributed by atoms with Crippen LogP contribution in [-0.2, 0) is 10.0 Å². The fourth-order valence-electron chi connectivity index (χ4n) is 1.33. The zero-order chi connectivity index (χ0) is 11.8. The van der Waals surface area contributed by atoms with Crippen LogP contribution in [0.25, 0.3) is 0 Å². The number of hydrogen-bond acceptors (Lipinski definition) is 4. The zero-order valence-electron chi connectivity index (χ0n) is 8.84. The van der Waals surface area contributed by atoms with Gasteiger partial charge in [-0.2, -0.15) is 0 Å².